The Bertz CT molecular complexity index is 1240. The molecule has 2 fully saturated rings. The van der Waals surface area contributed by atoms with Crippen molar-refractivity contribution < 1.29 is 71.4 Å². The van der Waals surface area contributed by atoms with E-state index in [1.54, 1.807) is 0 Å². The zero-order valence-electron chi connectivity index (χ0n) is 19.8. The Labute approximate surface area is 216 Å². The number of phosphoric acid groups is 2. The Kier molecular flexibility index (Phi) is 9.98. The van der Waals surface area contributed by atoms with E-state index in [9.17, 15) is 58.1 Å². The van der Waals surface area contributed by atoms with Crippen molar-refractivity contribution in [3.63, 3.8) is 0 Å². The van der Waals surface area contributed by atoms with Crippen molar-refractivity contribution in [2.75, 3.05) is 13.2 Å². The number of alkyl halides is 1. The van der Waals surface area contributed by atoms with Crippen LogP contribution >= 0.6 is 15.6 Å². The molecular weight excluding hydrogens is 583 g/mol. The Morgan fingerprint density at radius 3 is 2.38 bits per heavy atom. The van der Waals surface area contributed by atoms with Crippen LogP contribution in [0.25, 0.3) is 0 Å². The summed E-state index contributed by atoms with van der Waals surface area (Å²) in [5, 5.41) is 41.7. The van der Waals surface area contributed by atoms with Crippen molar-refractivity contribution in [2.45, 2.75) is 62.2 Å². The zero-order chi connectivity index (χ0) is 29.3. The van der Waals surface area contributed by atoms with Crippen LogP contribution in [0.1, 0.15) is 13.2 Å². The summed E-state index contributed by atoms with van der Waals surface area (Å²) >= 11 is 0. The van der Waals surface area contributed by atoms with Crippen LogP contribution in [0.15, 0.2) is 21.9 Å². The number of carbonyl (C=O) groups excluding carboxylic acids is 1. The van der Waals surface area contributed by atoms with Gasteiger partial charge in [0.05, 0.1) is 13.2 Å². The molecule has 2 aliphatic rings. The van der Waals surface area contributed by atoms with Crippen molar-refractivity contribution in [1.29, 1.82) is 0 Å². The van der Waals surface area contributed by atoms with Gasteiger partial charge in [-0.05, 0) is 0 Å². The maximum Gasteiger partial charge on any atom is 0.483 e. The summed E-state index contributed by atoms with van der Waals surface area (Å²) in [6.07, 6.45) is -14.1. The number of nitrogens with one attached hydrogen (secondary N) is 2. The van der Waals surface area contributed by atoms with Gasteiger partial charge in [-0.1, -0.05) is 0 Å². The van der Waals surface area contributed by atoms with Gasteiger partial charge in [0.15, 0.2) is 18.7 Å². The third-order valence-electron chi connectivity index (χ3n) is 5.51. The smallest absolute Gasteiger partial charge is 0.394 e. The Morgan fingerprint density at radius 2 is 1.79 bits per heavy atom. The molecule has 0 bridgehead atoms. The number of aliphatic hydroxyl groups is 4. The number of H-pyrrole nitrogens is 1. The molecule has 222 valence electrons. The van der Waals surface area contributed by atoms with Gasteiger partial charge < -0.3 is 45.0 Å². The van der Waals surface area contributed by atoms with Crippen molar-refractivity contribution in [3.05, 3.63) is 33.1 Å². The first kappa shape index (κ1) is 31.6. The van der Waals surface area contributed by atoms with Crippen LogP contribution in [0.4, 0.5) is 4.39 Å². The molecule has 1 aromatic heterocycles. The summed E-state index contributed by atoms with van der Waals surface area (Å²) in [7, 11) is -11.2. The van der Waals surface area contributed by atoms with Gasteiger partial charge in [-0.3, -0.25) is 28.2 Å². The number of phosphoric ester groups is 2. The third kappa shape index (κ3) is 7.65. The molecule has 2 saturated heterocycles. The number of aliphatic hydroxyl groups excluding tert-OH is 4. The van der Waals surface area contributed by atoms with Gasteiger partial charge in [0.2, 0.25) is 5.91 Å². The molecule has 11 atom stereocenters. The molecule has 8 N–H and O–H groups in total. The lowest BCUT2D eigenvalue weighted by Gasteiger charge is -2.41. The van der Waals surface area contributed by atoms with E-state index in [1.807, 2.05) is 10.3 Å². The van der Waals surface area contributed by atoms with E-state index in [0.29, 0.717) is 4.57 Å². The van der Waals surface area contributed by atoms with Gasteiger partial charge in [0, 0.05) is 19.2 Å². The van der Waals surface area contributed by atoms with E-state index in [0.717, 1.165) is 19.2 Å². The third-order valence-corrected chi connectivity index (χ3v) is 8.11. The fourth-order valence-corrected chi connectivity index (χ4v) is 5.89. The highest BCUT2D eigenvalue weighted by atomic mass is 31.3. The summed E-state index contributed by atoms with van der Waals surface area (Å²) in [5.41, 5.74) is -1.77. The number of ether oxygens (including phenoxy) is 2. The molecule has 39 heavy (non-hydrogen) atoms. The summed E-state index contributed by atoms with van der Waals surface area (Å²) in [4.78, 5) is 56.3. The van der Waals surface area contributed by atoms with Crippen molar-refractivity contribution in [2.24, 2.45) is 0 Å². The molecule has 3 unspecified atom stereocenters. The minimum Gasteiger partial charge on any atom is -0.394 e. The zero-order valence-corrected chi connectivity index (χ0v) is 21.5. The highest BCUT2D eigenvalue weighted by Crippen LogP contribution is 2.61. The second-order valence-electron chi connectivity index (χ2n) is 8.37. The van der Waals surface area contributed by atoms with Gasteiger partial charge in [-0.15, -0.1) is 0 Å². The second-order valence-corrected chi connectivity index (χ2v) is 11.4. The number of rotatable bonds is 10. The standard InChI is InChI=1S/C17H26FN3O16P2/c1-6(23)19-11-13(26)10(18)7(4-22)35-16(11)36-39(31,32)37-38(29,30)33-5-8-12(25)14(27)15(34-8)21-3-2-9(24)20-17(21)28/h2-3,7-8,10-16,22,25-27H,4-5H2,1H3,(H,19,23)(H,29,30)(H,31,32)(H,20,24,28)/t7-,8-,10-,11-,12-,13+,14-,15?,16-/m1/s1. The predicted molar refractivity (Wildman–Crippen MR) is 119 cm³/mol. The quantitative estimate of drug-likeness (QED) is 0.119. The molecule has 0 spiro atoms. The number of carbonyl (C=O) groups is 1. The molecule has 1 amide bonds. The van der Waals surface area contributed by atoms with Crippen LogP contribution in [0, 0.1) is 0 Å². The molecule has 3 rings (SSSR count). The number of aromatic amines is 1. The molecule has 3 heterocycles. The molecule has 22 heteroatoms. The number of hydrogen-bond donors (Lipinski definition) is 8. The van der Waals surface area contributed by atoms with E-state index in [-0.39, 0.29) is 0 Å². The number of nitrogens with zero attached hydrogens (tertiary/aromatic N) is 1. The predicted octanol–water partition coefficient (Wildman–Crippen LogP) is -3.67. The summed E-state index contributed by atoms with van der Waals surface area (Å²) in [6, 6.07) is -0.898. The highest BCUT2D eigenvalue weighted by Gasteiger charge is 2.51. The number of hydrogen-bond acceptors (Lipinski definition) is 14. The monoisotopic (exact) mass is 609 g/mol. The lowest BCUT2D eigenvalue weighted by molar-refractivity contribution is -0.233. The average Bonchev–Trinajstić information content (AvgIpc) is 3.10. The first-order valence-corrected chi connectivity index (χ1v) is 13.9. The summed E-state index contributed by atoms with van der Waals surface area (Å²) < 4.78 is 63.1. The fraction of sp³-hybridized carbons (Fsp3) is 0.706. The minimum atomic E-state index is -5.67. The molecule has 2 aliphatic heterocycles. The molecule has 0 saturated carbocycles. The highest BCUT2D eigenvalue weighted by molar-refractivity contribution is 7.61. The Morgan fingerprint density at radius 1 is 1.13 bits per heavy atom. The number of amides is 1. The summed E-state index contributed by atoms with van der Waals surface area (Å²) in [6.45, 7) is -1.12. The molecule has 1 aromatic rings. The average molecular weight is 609 g/mol. The van der Waals surface area contributed by atoms with E-state index < -0.39 is 101 Å². The van der Waals surface area contributed by atoms with Gasteiger partial charge >= 0.3 is 21.3 Å². The van der Waals surface area contributed by atoms with E-state index in [4.69, 9.17) is 9.47 Å². The molecule has 0 aromatic carbocycles. The second kappa shape index (κ2) is 12.3. The van der Waals surface area contributed by atoms with Crippen molar-refractivity contribution >= 4 is 21.6 Å². The van der Waals surface area contributed by atoms with Gasteiger partial charge in [0.1, 0.15) is 36.6 Å². The van der Waals surface area contributed by atoms with Crippen LogP contribution in [-0.2, 0) is 36.8 Å². The van der Waals surface area contributed by atoms with E-state index in [1.165, 1.54) is 0 Å². The fourth-order valence-electron chi connectivity index (χ4n) is 3.73. The first-order chi connectivity index (χ1) is 18.0. The van der Waals surface area contributed by atoms with Gasteiger partial charge in [-0.2, -0.15) is 4.31 Å². The van der Waals surface area contributed by atoms with Crippen LogP contribution in [-0.4, -0.2) is 108 Å². The number of halogens is 1. The van der Waals surface area contributed by atoms with Crippen molar-refractivity contribution in [3.8, 4) is 0 Å². The van der Waals surface area contributed by atoms with E-state index in [2.05, 4.69) is 13.4 Å². The Balaban J connectivity index is 1.66. The van der Waals surface area contributed by atoms with Crippen LogP contribution in [0.5, 0.6) is 0 Å². The molecule has 0 radical (unpaired) electrons. The van der Waals surface area contributed by atoms with E-state index >= 15 is 0 Å². The SMILES string of the molecule is CC(=O)N[C@H]1[C@@H](OP(=O)(O)OP(=O)(O)OC[C@H]2OC(n3ccc(=O)[nH]c3=O)[C@H](O)[C@@H]2O)O[C@H](CO)[C@@H](F)[C@@H]1O. The normalized spacial score (nSPS) is 36.2. The largest absolute Gasteiger partial charge is 0.483 e. The number of aromatic nitrogens is 2. The summed E-state index contributed by atoms with van der Waals surface area (Å²) in [5.74, 6) is -0.851. The van der Waals surface area contributed by atoms with Gasteiger partial charge in [0.25, 0.3) is 5.56 Å². The first-order valence-electron chi connectivity index (χ1n) is 10.9. The lowest BCUT2D eigenvalue weighted by Crippen LogP contribution is -2.63. The topological polar surface area (TPSA) is 286 Å². The maximum atomic E-state index is 14.2. The molecule has 0 aliphatic carbocycles. The van der Waals surface area contributed by atoms with Crippen LogP contribution < -0.4 is 16.6 Å². The van der Waals surface area contributed by atoms with Gasteiger partial charge in [-0.25, -0.2) is 18.3 Å². The molecule has 19 nitrogen and oxygen atoms in total. The maximum absolute atomic E-state index is 14.2. The molecular formula is C17H26FN3O16P2. The lowest BCUT2D eigenvalue weighted by atomic mass is 9.98. The minimum absolute atomic E-state index is 0.714. The van der Waals surface area contributed by atoms with Crippen LogP contribution in [0.3, 0.4) is 0 Å². The van der Waals surface area contributed by atoms with Crippen LogP contribution in [0.2, 0.25) is 0 Å². The Hall–Kier alpha value is -1.90. The van der Waals surface area contributed by atoms with Crippen molar-refractivity contribution in [1.82, 2.24) is 14.9 Å².